The van der Waals surface area contributed by atoms with Crippen molar-refractivity contribution in [2.45, 2.75) is 36.4 Å². The van der Waals surface area contributed by atoms with E-state index < -0.39 is 25.1 Å². The van der Waals surface area contributed by atoms with Gasteiger partial charge in [0, 0.05) is 25.4 Å². The van der Waals surface area contributed by atoms with Gasteiger partial charge in [-0.25, -0.2) is 0 Å². The average Bonchev–Trinajstić information content (AvgIpc) is 2.81. The Hall–Kier alpha value is -2.75. The number of methoxy groups -OCH3 is 2. The lowest BCUT2D eigenvalue weighted by Crippen LogP contribution is -2.73. The first kappa shape index (κ1) is 22.4. The number of ketones is 1. The van der Waals surface area contributed by atoms with Gasteiger partial charge in [-0.05, 0) is 55.6 Å². The van der Waals surface area contributed by atoms with Gasteiger partial charge >= 0.3 is 0 Å². The van der Waals surface area contributed by atoms with E-state index >= 15 is 0 Å². The number of Topliss-reactive ketones (excluding diaryl/α,β-unsaturated/α-hetero) is 1. The van der Waals surface area contributed by atoms with E-state index in [9.17, 15) is 4.79 Å². The van der Waals surface area contributed by atoms with E-state index in [0.717, 1.165) is 16.7 Å². The maximum absolute atomic E-state index is 14.4. The molecular weight excluding hydrogens is 416 g/mol. The minimum absolute atomic E-state index is 0.260. The van der Waals surface area contributed by atoms with Gasteiger partial charge < -0.3 is 13.9 Å². The fraction of sp³-hybridized carbons (Fsp3) is 0.296. The van der Waals surface area contributed by atoms with Gasteiger partial charge in [0.25, 0.3) is 0 Å². The first-order chi connectivity index (χ1) is 15.2. The summed E-state index contributed by atoms with van der Waals surface area (Å²) >= 11 is 0. The van der Waals surface area contributed by atoms with E-state index in [1.54, 1.807) is 20.3 Å². The lowest BCUT2D eigenvalue weighted by molar-refractivity contribution is -0.163. The van der Waals surface area contributed by atoms with Crippen LogP contribution in [0.3, 0.4) is 0 Å². The van der Waals surface area contributed by atoms with Crippen LogP contribution in [0, 0.1) is 11.8 Å². The Labute approximate surface area is 191 Å². The van der Waals surface area contributed by atoms with Crippen LogP contribution in [0.15, 0.2) is 78.9 Å². The van der Waals surface area contributed by atoms with Gasteiger partial charge in [-0.3, -0.25) is 4.79 Å². The molecule has 32 heavy (non-hydrogen) atoms. The van der Waals surface area contributed by atoms with Crippen LogP contribution in [0.4, 0.5) is 0 Å². The van der Waals surface area contributed by atoms with E-state index in [4.69, 9.17) is 13.9 Å². The Balaban J connectivity index is 2.01. The zero-order chi connectivity index (χ0) is 23.0. The summed E-state index contributed by atoms with van der Waals surface area (Å²) in [5, 5.41) is 0. The molecule has 0 N–H and O–H groups in total. The summed E-state index contributed by atoms with van der Waals surface area (Å²) in [6.45, 7) is 6.13. The van der Waals surface area contributed by atoms with Crippen molar-refractivity contribution in [3.05, 3.63) is 90.0 Å². The van der Waals surface area contributed by atoms with Gasteiger partial charge in [0.2, 0.25) is 11.4 Å². The molecule has 2 bridgehead atoms. The Morgan fingerprint density at radius 2 is 1.47 bits per heavy atom. The maximum Gasteiger partial charge on any atom is 0.220 e. The Bertz CT molecular complexity index is 1140. The molecule has 0 aliphatic heterocycles. The van der Waals surface area contributed by atoms with Crippen LogP contribution in [0.2, 0.25) is 19.6 Å². The number of ether oxygens (including phenoxy) is 2. The largest absolute Gasteiger partial charge is 0.393 e. The second kappa shape index (κ2) is 7.98. The van der Waals surface area contributed by atoms with Crippen molar-refractivity contribution in [3.63, 3.8) is 0 Å². The molecule has 0 saturated heterocycles. The molecule has 0 radical (unpaired) electrons. The zero-order valence-corrected chi connectivity index (χ0v) is 20.1. The number of hydrogen-bond acceptors (Lipinski definition) is 4. The predicted molar refractivity (Wildman–Crippen MR) is 129 cm³/mol. The van der Waals surface area contributed by atoms with Crippen molar-refractivity contribution in [2.75, 3.05) is 14.2 Å². The molecule has 0 saturated carbocycles. The van der Waals surface area contributed by atoms with E-state index in [1.807, 2.05) is 92.5 Å². The van der Waals surface area contributed by atoms with Crippen LogP contribution < -0.4 is 0 Å². The molecular formula is C27H28O4Si. The molecule has 2 aromatic carbocycles. The fourth-order valence-electron chi connectivity index (χ4n) is 4.46. The molecule has 0 heterocycles. The molecule has 164 valence electrons. The van der Waals surface area contributed by atoms with E-state index in [-0.39, 0.29) is 5.78 Å². The minimum Gasteiger partial charge on any atom is -0.393 e. The number of carbonyl (C=O) groups is 1. The highest BCUT2D eigenvalue weighted by molar-refractivity contribution is 6.70. The number of fused-ring (bicyclic) bond motifs is 1. The van der Waals surface area contributed by atoms with Crippen LogP contribution in [-0.4, -0.2) is 45.1 Å². The summed E-state index contributed by atoms with van der Waals surface area (Å²) in [5.41, 5.74) is -1.60. The number of carbonyl (C=O) groups excluding carboxylic acids is 1. The summed E-state index contributed by atoms with van der Waals surface area (Å²) in [6.07, 6.45) is 5.61. The topological polar surface area (TPSA) is 44.8 Å². The predicted octanol–water partition coefficient (Wildman–Crippen LogP) is 4.63. The van der Waals surface area contributed by atoms with Crippen molar-refractivity contribution >= 4 is 19.7 Å². The number of benzene rings is 2. The van der Waals surface area contributed by atoms with E-state index in [1.165, 1.54) is 0 Å². The van der Waals surface area contributed by atoms with Crippen LogP contribution >= 0.6 is 0 Å². The first-order valence-corrected chi connectivity index (χ1v) is 14.1. The Morgan fingerprint density at radius 3 is 2.03 bits per heavy atom. The Kier molecular flexibility index (Phi) is 5.60. The second-order valence-electron chi connectivity index (χ2n) is 9.04. The van der Waals surface area contributed by atoms with Crippen molar-refractivity contribution < 1.29 is 18.7 Å². The van der Waals surface area contributed by atoms with Crippen LogP contribution in [0.1, 0.15) is 11.1 Å². The quantitative estimate of drug-likeness (QED) is 0.383. The molecule has 2 aromatic rings. The van der Waals surface area contributed by atoms with Gasteiger partial charge in [-0.15, -0.1) is 0 Å². The monoisotopic (exact) mass is 444 g/mol. The summed E-state index contributed by atoms with van der Waals surface area (Å²) in [4.78, 5) is 14.4. The molecule has 3 aliphatic carbocycles. The molecule has 3 aliphatic rings. The lowest BCUT2D eigenvalue weighted by atomic mass is 9.60. The third kappa shape index (κ3) is 3.40. The second-order valence-corrected chi connectivity index (χ2v) is 13.5. The van der Waals surface area contributed by atoms with Gasteiger partial charge in [0.1, 0.15) is 0 Å². The molecule has 3 unspecified atom stereocenters. The molecule has 4 nitrogen and oxygen atoms in total. The molecule has 0 amide bonds. The standard InChI is InChI=1S/C27H28O4Si/c1-29-25-18-19-26(30-2,23(20-25)22-14-10-7-11-15-22)24(28)27(25,31-32(3,4)5)17-16-21-12-8-6-9-13-21/h6-15,18-20H,1-5H3. The molecule has 0 spiro atoms. The van der Waals surface area contributed by atoms with Gasteiger partial charge in [0.05, 0.1) is 0 Å². The highest BCUT2D eigenvalue weighted by Gasteiger charge is 2.69. The third-order valence-corrected chi connectivity index (χ3v) is 6.81. The SMILES string of the molecule is COC12C=CC(OC)(C=C1c1ccccc1)C(C#Cc1ccccc1)(O[Si](C)(C)C)C2=O. The van der Waals surface area contributed by atoms with Crippen LogP contribution in [0.5, 0.6) is 0 Å². The maximum atomic E-state index is 14.4. The third-order valence-electron chi connectivity index (χ3n) is 5.89. The summed E-state index contributed by atoms with van der Waals surface area (Å²) in [5.74, 6) is 6.14. The number of rotatable bonds is 5. The zero-order valence-electron chi connectivity index (χ0n) is 19.1. The number of hydrogen-bond donors (Lipinski definition) is 0. The summed E-state index contributed by atoms with van der Waals surface area (Å²) < 4.78 is 18.7. The highest BCUT2D eigenvalue weighted by atomic mass is 28.4. The minimum atomic E-state index is -2.27. The van der Waals surface area contributed by atoms with Crippen molar-refractivity contribution in [2.24, 2.45) is 0 Å². The first-order valence-electron chi connectivity index (χ1n) is 10.6. The summed E-state index contributed by atoms with van der Waals surface area (Å²) in [7, 11) is 0.875. The molecule has 3 atom stereocenters. The van der Waals surface area contributed by atoms with Gasteiger partial charge in [-0.1, -0.05) is 60.4 Å². The van der Waals surface area contributed by atoms with Crippen LogP contribution in [0.25, 0.3) is 5.57 Å². The lowest BCUT2D eigenvalue weighted by Gasteiger charge is -2.55. The molecule has 5 rings (SSSR count). The van der Waals surface area contributed by atoms with Crippen molar-refractivity contribution in [1.29, 1.82) is 0 Å². The van der Waals surface area contributed by atoms with Crippen molar-refractivity contribution in [3.8, 4) is 11.8 Å². The molecule has 0 aromatic heterocycles. The highest BCUT2D eigenvalue weighted by Crippen LogP contribution is 2.53. The van der Waals surface area contributed by atoms with Gasteiger partial charge in [-0.2, -0.15) is 0 Å². The van der Waals surface area contributed by atoms with Crippen molar-refractivity contribution in [1.82, 2.24) is 0 Å². The summed E-state index contributed by atoms with van der Waals surface area (Å²) in [6, 6.07) is 19.3. The van der Waals surface area contributed by atoms with E-state index in [0.29, 0.717) is 0 Å². The van der Waals surface area contributed by atoms with Crippen LogP contribution in [-0.2, 0) is 18.7 Å². The average molecular weight is 445 g/mol. The van der Waals surface area contributed by atoms with Gasteiger partial charge in [0.15, 0.2) is 19.5 Å². The molecule has 0 fully saturated rings. The smallest absolute Gasteiger partial charge is 0.220 e. The normalized spacial score (nSPS) is 28.8. The van der Waals surface area contributed by atoms with E-state index in [2.05, 4.69) is 11.8 Å². The molecule has 5 heteroatoms. The fourth-order valence-corrected chi connectivity index (χ4v) is 5.68. The Morgan fingerprint density at radius 1 is 0.844 bits per heavy atom.